The largest absolute Gasteiger partial charge is 0.490 e. The molecule has 1 atom stereocenters. The van der Waals surface area contributed by atoms with Crippen molar-refractivity contribution in [2.75, 3.05) is 32.8 Å². The highest BCUT2D eigenvalue weighted by atomic mass is 19.4. The molecule has 1 N–H and O–H groups in total. The molecule has 0 saturated carbocycles. The molecule has 1 fully saturated rings. The number of aryl methyl sites for hydroxylation is 1. The van der Waals surface area contributed by atoms with Crippen molar-refractivity contribution in [2.45, 2.75) is 51.6 Å². The highest BCUT2D eigenvalue weighted by Gasteiger charge is 2.38. The molecule has 2 aliphatic heterocycles. The van der Waals surface area contributed by atoms with Crippen molar-refractivity contribution in [1.29, 1.82) is 0 Å². The van der Waals surface area contributed by atoms with Crippen LogP contribution >= 0.6 is 0 Å². The fourth-order valence-electron chi connectivity index (χ4n) is 3.98. The Morgan fingerprint density at radius 2 is 1.94 bits per heavy atom. The second kappa shape index (κ2) is 11.5. The molecule has 0 spiro atoms. The van der Waals surface area contributed by atoms with Crippen LogP contribution in [0.4, 0.5) is 13.2 Å². The van der Waals surface area contributed by atoms with Gasteiger partial charge in [-0.05, 0) is 19.8 Å². The Morgan fingerprint density at radius 3 is 2.56 bits per heavy atom. The van der Waals surface area contributed by atoms with Crippen molar-refractivity contribution in [3.05, 3.63) is 36.2 Å². The van der Waals surface area contributed by atoms with Gasteiger partial charge in [0, 0.05) is 57.2 Å². The van der Waals surface area contributed by atoms with E-state index in [-0.39, 0.29) is 18.6 Å². The zero-order valence-corrected chi connectivity index (χ0v) is 18.9. The number of hydrogen-bond donors (Lipinski definition) is 1. The average molecular weight is 486 g/mol. The molecule has 4 rings (SSSR count). The SMILES string of the molecule is CCn1cc(CN2Cc3cncn3C(COCC(=O)N3CCCC3)C2)cn1.O=C(O)C(F)(F)F. The van der Waals surface area contributed by atoms with Crippen LogP contribution < -0.4 is 0 Å². The predicted molar refractivity (Wildman–Crippen MR) is 114 cm³/mol. The summed E-state index contributed by atoms with van der Waals surface area (Å²) in [6.45, 7) is 8.00. The Kier molecular flexibility index (Phi) is 8.67. The molecule has 34 heavy (non-hydrogen) atoms. The Bertz CT molecular complexity index is 954. The summed E-state index contributed by atoms with van der Waals surface area (Å²) in [5.74, 6) is -2.65. The van der Waals surface area contributed by atoms with E-state index >= 15 is 0 Å². The summed E-state index contributed by atoms with van der Waals surface area (Å²) in [6, 6.07) is 0.170. The van der Waals surface area contributed by atoms with E-state index in [1.165, 1.54) is 11.3 Å². The smallest absolute Gasteiger partial charge is 0.475 e. The fourth-order valence-corrected chi connectivity index (χ4v) is 3.98. The molecule has 0 radical (unpaired) electrons. The minimum absolute atomic E-state index is 0.109. The third-order valence-corrected chi connectivity index (χ3v) is 5.65. The Morgan fingerprint density at radius 1 is 1.24 bits per heavy atom. The van der Waals surface area contributed by atoms with Crippen molar-refractivity contribution in [2.24, 2.45) is 0 Å². The molecule has 13 heteroatoms. The highest BCUT2D eigenvalue weighted by Crippen LogP contribution is 2.23. The van der Waals surface area contributed by atoms with Gasteiger partial charge in [0.15, 0.2) is 0 Å². The third kappa shape index (κ3) is 7.03. The van der Waals surface area contributed by atoms with Gasteiger partial charge in [-0.25, -0.2) is 9.78 Å². The van der Waals surface area contributed by atoms with Crippen molar-refractivity contribution in [3.8, 4) is 0 Å². The molecule has 188 valence electrons. The molecule has 1 amide bonds. The molecular formula is C21H29F3N6O4. The number of aliphatic carboxylic acids is 1. The quantitative estimate of drug-likeness (QED) is 0.638. The lowest BCUT2D eigenvalue weighted by molar-refractivity contribution is -0.192. The molecule has 2 aromatic rings. The number of carboxylic acid groups (broad SMARTS) is 1. The Labute approximate surface area is 194 Å². The van der Waals surface area contributed by atoms with Gasteiger partial charge in [-0.1, -0.05) is 0 Å². The van der Waals surface area contributed by atoms with Crippen LogP contribution in [0.25, 0.3) is 0 Å². The van der Waals surface area contributed by atoms with Crippen LogP contribution in [0.15, 0.2) is 24.9 Å². The second-order valence-electron chi connectivity index (χ2n) is 8.23. The van der Waals surface area contributed by atoms with Crippen LogP contribution in [0.3, 0.4) is 0 Å². The van der Waals surface area contributed by atoms with Gasteiger partial charge in [0.05, 0.1) is 30.9 Å². The van der Waals surface area contributed by atoms with E-state index in [0.717, 1.165) is 52.1 Å². The standard InChI is InChI=1S/C19H28N6O2.C2HF3O2/c1-2-24-10-16(7-21-24)9-22-11-17-8-20-15-25(17)18(12-22)13-27-14-19(26)23-5-3-4-6-23;3-2(4,5)1(6)7/h7-8,10,15,18H,2-6,9,11-14H2,1H3;(H,6,7). The van der Waals surface area contributed by atoms with E-state index in [4.69, 9.17) is 14.6 Å². The molecule has 2 aliphatic rings. The van der Waals surface area contributed by atoms with Crippen LogP contribution in [0, 0.1) is 0 Å². The lowest BCUT2D eigenvalue weighted by Crippen LogP contribution is -2.39. The van der Waals surface area contributed by atoms with E-state index in [9.17, 15) is 18.0 Å². The third-order valence-electron chi connectivity index (χ3n) is 5.65. The molecule has 0 bridgehead atoms. The van der Waals surface area contributed by atoms with Crippen LogP contribution in [0.5, 0.6) is 0 Å². The highest BCUT2D eigenvalue weighted by molar-refractivity contribution is 5.77. The van der Waals surface area contributed by atoms with Crippen molar-refractivity contribution >= 4 is 11.9 Å². The normalized spacial score (nSPS) is 18.4. The molecule has 2 aromatic heterocycles. The fraction of sp³-hybridized carbons (Fsp3) is 0.619. The van der Waals surface area contributed by atoms with Gasteiger partial charge in [-0.2, -0.15) is 18.3 Å². The maximum Gasteiger partial charge on any atom is 0.490 e. The maximum absolute atomic E-state index is 12.2. The number of carboxylic acids is 1. The Hall–Kier alpha value is -2.93. The summed E-state index contributed by atoms with van der Waals surface area (Å²) in [4.78, 5) is 29.7. The molecule has 4 heterocycles. The lowest BCUT2D eigenvalue weighted by Gasteiger charge is -2.34. The number of ether oxygens (including phenoxy) is 1. The van der Waals surface area contributed by atoms with Crippen molar-refractivity contribution in [3.63, 3.8) is 0 Å². The zero-order chi connectivity index (χ0) is 24.7. The van der Waals surface area contributed by atoms with Gasteiger partial charge < -0.3 is 19.3 Å². The predicted octanol–water partition coefficient (Wildman–Crippen LogP) is 1.93. The summed E-state index contributed by atoms with van der Waals surface area (Å²) >= 11 is 0. The van der Waals surface area contributed by atoms with Gasteiger partial charge in [0.2, 0.25) is 5.91 Å². The van der Waals surface area contributed by atoms with E-state index < -0.39 is 12.1 Å². The van der Waals surface area contributed by atoms with Gasteiger partial charge in [-0.3, -0.25) is 14.4 Å². The summed E-state index contributed by atoms with van der Waals surface area (Å²) in [6.07, 6.45) is 4.97. The van der Waals surface area contributed by atoms with E-state index in [2.05, 4.69) is 32.7 Å². The number of aromatic nitrogens is 4. The summed E-state index contributed by atoms with van der Waals surface area (Å²) < 4.78 is 41.7. The molecule has 0 aliphatic carbocycles. The number of amides is 1. The maximum atomic E-state index is 12.2. The number of rotatable bonds is 7. The molecule has 1 unspecified atom stereocenters. The van der Waals surface area contributed by atoms with Crippen molar-refractivity contribution < 1.29 is 32.6 Å². The summed E-state index contributed by atoms with van der Waals surface area (Å²) in [5, 5.41) is 11.5. The van der Waals surface area contributed by atoms with Crippen molar-refractivity contribution in [1.82, 2.24) is 29.1 Å². The monoisotopic (exact) mass is 486 g/mol. The number of likely N-dealkylation sites (tertiary alicyclic amines) is 1. The van der Waals surface area contributed by atoms with E-state index in [1.54, 1.807) is 0 Å². The van der Waals surface area contributed by atoms with Gasteiger partial charge in [0.25, 0.3) is 0 Å². The molecule has 1 saturated heterocycles. The van der Waals surface area contributed by atoms with E-state index in [1.807, 2.05) is 28.3 Å². The van der Waals surface area contributed by atoms with Crippen LogP contribution in [0.2, 0.25) is 0 Å². The number of imidazole rings is 1. The minimum atomic E-state index is -5.08. The first-order valence-electron chi connectivity index (χ1n) is 11.1. The van der Waals surface area contributed by atoms with Gasteiger partial charge in [-0.15, -0.1) is 0 Å². The van der Waals surface area contributed by atoms with Crippen LogP contribution in [-0.2, 0) is 34.0 Å². The molecule has 0 aromatic carbocycles. The number of halogens is 3. The number of carbonyl (C=O) groups excluding carboxylic acids is 1. The zero-order valence-electron chi connectivity index (χ0n) is 18.9. The average Bonchev–Trinajstić information content (AvgIpc) is 3.55. The Balaban J connectivity index is 0.000000406. The van der Waals surface area contributed by atoms with Crippen LogP contribution in [0.1, 0.15) is 37.1 Å². The number of hydrogen-bond acceptors (Lipinski definition) is 6. The first kappa shape index (κ1) is 25.7. The minimum Gasteiger partial charge on any atom is -0.475 e. The first-order chi connectivity index (χ1) is 16.2. The lowest BCUT2D eigenvalue weighted by atomic mass is 10.2. The second-order valence-corrected chi connectivity index (χ2v) is 8.23. The summed E-state index contributed by atoms with van der Waals surface area (Å²) in [5.41, 5.74) is 2.40. The number of fused-ring (bicyclic) bond motifs is 1. The van der Waals surface area contributed by atoms with E-state index in [0.29, 0.717) is 6.61 Å². The van der Waals surface area contributed by atoms with Crippen LogP contribution in [-0.4, -0.2) is 85.1 Å². The first-order valence-corrected chi connectivity index (χ1v) is 11.1. The number of carbonyl (C=O) groups is 2. The number of alkyl halides is 3. The molecule has 10 nitrogen and oxygen atoms in total. The van der Waals surface area contributed by atoms with Gasteiger partial charge in [0.1, 0.15) is 6.61 Å². The number of nitrogens with zero attached hydrogens (tertiary/aromatic N) is 6. The topological polar surface area (TPSA) is 106 Å². The molecular weight excluding hydrogens is 457 g/mol. The van der Waals surface area contributed by atoms with Gasteiger partial charge >= 0.3 is 12.1 Å². The summed E-state index contributed by atoms with van der Waals surface area (Å²) in [7, 11) is 0.